The maximum absolute atomic E-state index is 13.4. The van der Waals surface area contributed by atoms with Crippen molar-refractivity contribution < 1.29 is 29.3 Å². The Morgan fingerprint density at radius 3 is 2.32 bits per heavy atom. The molecule has 1 aliphatic rings. The van der Waals surface area contributed by atoms with E-state index in [1.54, 1.807) is 44.3 Å². The molecule has 0 radical (unpaired) electrons. The third-order valence-corrected chi connectivity index (χ3v) is 6.22. The molecule has 0 bridgehead atoms. The lowest BCUT2D eigenvalue weighted by atomic mass is 9.95. The summed E-state index contributed by atoms with van der Waals surface area (Å²) < 4.78 is 5.23. The molecular weight excluding hydrogens is 472 g/mol. The molecule has 1 unspecified atom stereocenters. The molecule has 1 aliphatic heterocycles. The Morgan fingerprint density at radius 1 is 0.973 bits per heavy atom. The number of anilines is 1. The Balaban J connectivity index is 1.65. The van der Waals surface area contributed by atoms with Gasteiger partial charge in [-0.25, -0.2) is 4.79 Å². The highest BCUT2D eigenvalue weighted by Crippen LogP contribution is 2.43. The highest BCUT2D eigenvalue weighted by Gasteiger charge is 2.47. The molecule has 0 spiro atoms. The number of nitrogens with zero attached hydrogens (tertiary/aromatic N) is 1. The number of hydrogen-bond donors (Lipinski definition) is 3. The monoisotopic (exact) mass is 496 g/mol. The number of rotatable bonds is 5. The number of aliphatic hydroxyl groups is 1. The number of carbonyl (C=O) groups is 3. The Morgan fingerprint density at radius 2 is 1.65 bits per heavy atom. The van der Waals surface area contributed by atoms with Gasteiger partial charge in [0.1, 0.15) is 11.5 Å². The summed E-state index contributed by atoms with van der Waals surface area (Å²) in [7, 11) is 0. The predicted octanol–water partition coefficient (Wildman–Crippen LogP) is 5.07. The minimum atomic E-state index is -0.970. The summed E-state index contributed by atoms with van der Waals surface area (Å²) in [4.78, 5) is 43.4. The zero-order chi connectivity index (χ0) is 26.3. The van der Waals surface area contributed by atoms with Crippen LogP contribution in [-0.2, 0) is 14.3 Å². The molecule has 3 aromatic carbocycles. The van der Waals surface area contributed by atoms with E-state index in [1.807, 2.05) is 24.3 Å². The van der Waals surface area contributed by atoms with Crippen LogP contribution < -0.4 is 4.90 Å². The number of H-pyrrole nitrogens is 1. The van der Waals surface area contributed by atoms with Crippen molar-refractivity contribution in [3.63, 3.8) is 0 Å². The average molecular weight is 497 g/mol. The first kappa shape index (κ1) is 23.9. The van der Waals surface area contributed by atoms with Crippen LogP contribution in [0.5, 0.6) is 5.75 Å². The number of aliphatic hydroxyl groups excluding tert-OH is 1. The van der Waals surface area contributed by atoms with Gasteiger partial charge in [-0.05, 0) is 61.9 Å². The van der Waals surface area contributed by atoms with Crippen molar-refractivity contribution in [3.8, 4) is 5.75 Å². The fourth-order valence-electron chi connectivity index (χ4n) is 4.52. The van der Waals surface area contributed by atoms with Crippen molar-refractivity contribution in [2.24, 2.45) is 0 Å². The van der Waals surface area contributed by atoms with Crippen molar-refractivity contribution in [1.29, 1.82) is 0 Å². The smallest absolute Gasteiger partial charge is 0.338 e. The summed E-state index contributed by atoms with van der Waals surface area (Å²) in [5.74, 6) is -2.46. The minimum Gasteiger partial charge on any atom is -0.508 e. The van der Waals surface area contributed by atoms with Gasteiger partial charge in [0.25, 0.3) is 11.7 Å². The first-order valence-corrected chi connectivity index (χ1v) is 11.7. The van der Waals surface area contributed by atoms with Gasteiger partial charge in [0.05, 0.1) is 23.3 Å². The topological polar surface area (TPSA) is 120 Å². The number of para-hydroxylation sites is 1. The van der Waals surface area contributed by atoms with E-state index in [0.717, 1.165) is 5.52 Å². The van der Waals surface area contributed by atoms with Crippen LogP contribution in [0.4, 0.5) is 5.69 Å². The number of amides is 1. The normalized spacial score (nSPS) is 17.1. The van der Waals surface area contributed by atoms with E-state index >= 15 is 0 Å². The molecule has 0 saturated carbocycles. The number of phenolic OH excluding ortho intramolecular Hbond substituents is 1. The van der Waals surface area contributed by atoms with Crippen molar-refractivity contribution in [3.05, 3.63) is 101 Å². The number of aromatic amines is 1. The molecule has 2 heterocycles. The molecule has 3 N–H and O–H groups in total. The zero-order valence-corrected chi connectivity index (χ0v) is 20.1. The molecule has 186 valence electrons. The van der Waals surface area contributed by atoms with Crippen molar-refractivity contribution >= 4 is 40.0 Å². The van der Waals surface area contributed by atoms with E-state index in [1.165, 1.54) is 29.2 Å². The van der Waals surface area contributed by atoms with Gasteiger partial charge in [-0.1, -0.05) is 30.3 Å². The van der Waals surface area contributed by atoms with Crippen LogP contribution >= 0.6 is 0 Å². The molecule has 1 fully saturated rings. The molecule has 8 heteroatoms. The van der Waals surface area contributed by atoms with Gasteiger partial charge in [0, 0.05) is 28.4 Å². The number of ether oxygens (including phenoxy) is 1. The van der Waals surface area contributed by atoms with Crippen LogP contribution in [0.2, 0.25) is 0 Å². The minimum absolute atomic E-state index is 0.0188. The summed E-state index contributed by atoms with van der Waals surface area (Å²) in [5.41, 5.74) is 2.26. The van der Waals surface area contributed by atoms with E-state index in [2.05, 4.69) is 4.98 Å². The van der Waals surface area contributed by atoms with Gasteiger partial charge in [-0.3, -0.25) is 14.5 Å². The number of Topliss-reactive ketones (excluding diaryl/α,β-unsaturated/α-hetero) is 1. The van der Waals surface area contributed by atoms with Crippen LogP contribution in [0.25, 0.3) is 16.7 Å². The number of ketones is 1. The third kappa shape index (κ3) is 4.23. The SMILES string of the molecule is CC(C)OC(=O)c1ccc(N2C(=O)C(=O)/C(=C(\O)c3c[nH]c4ccccc34)C2c2ccc(O)cc2)cc1. The fraction of sp³-hybridized carbons (Fsp3) is 0.138. The van der Waals surface area contributed by atoms with Crippen LogP contribution in [0.3, 0.4) is 0 Å². The number of phenols is 1. The summed E-state index contributed by atoms with van der Waals surface area (Å²) in [6.45, 7) is 3.49. The maximum Gasteiger partial charge on any atom is 0.338 e. The molecule has 1 aromatic heterocycles. The lowest BCUT2D eigenvalue weighted by Crippen LogP contribution is -2.29. The lowest BCUT2D eigenvalue weighted by Gasteiger charge is -2.25. The Labute approximate surface area is 212 Å². The largest absolute Gasteiger partial charge is 0.508 e. The van der Waals surface area contributed by atoms with Crippen LogP contribution in [-0.4, -0.2) is 39.0 Å². The molecule has 8 nitrogen and oxygen atoms in total. The van der Waals surface area contributed by atoms with Gasteiger partial charge in [0.2, 0.25) is 0 Å². The van der Waals surface area contributed by atoms with Gasteiger partial charge in [-0.2, -0.15) is 0 Å². The van der Waals surface area contributed by atoms with Gasteiger partial charge >= 0.3 is 5.97 Å². The van der Waals surface area contributed by atoms with Crippen molar-refractivity contribution in [2.75, 3.05) is 4.90 Å². The Kier molecular flexibility index (Phi) is 6.01. The third-order valence-electron chi connectivity index (χ3n) is 6.22. The molecule has 0 aliphatic carbocycles. The predicted molar refractivity (Wildman–Crippen MR) is 138 cm³/mol. The average Bonchev–Trinajstić information content (AvgIpc) is 3.43. The molecular formula is C29H24N2O6. The second-order valence-electron chi connectivity index (χ2n) is 9.01. The molecule has 37 heavy (non-hydrogen) atoms. The van der Waals surface area contributed by atoms with E-state index in [0.29, 0.717) is 27.8 Å². The summed E-state index contributed by atoms with van der Waals surface area (Å²) in [6.07, 6.45) is 1.31. The van der Waals surface area contributed by atoms with Crippen molar-refractivity contribution in [1.82, 2.24) is 4.98 Å². The quantitative estimate of drug-likeness (QED) is 0.154. The molecule has 1 saturated heterocycles. The number of carbonyl (C=O) groups excluding carboxylic acids is 3. The zero-order valence-electron chi connectivity index (χ0n) is 20.1. The van der Waals surface area contributed by atoms with Crippen LogP contribution in [0.15, 0.2) is 84.6 Å². The first-order chi connectivity index (χ1) is 17.8. The van der Waals surface area contributed by atoms with Crippen LogP contribution in [0.1, 0.15) is 41.4 Å². The second kappa shape index (κ2) is 9.31. The first-order valence-electron chi connectivity index (χ1n) is 11.7. The molecule has 1 amide bonds. The molecule has 4 aromatic rings. The number of nitrogens with one attached hydrogen (secondary N) is 1. The maximum atomic E-state index is 13.4. The second-order valence-corrected chi connectivity index (χ2v) is 9.01. The highest BCUT2D eigenvalue weighted by atomic mass is 16.5. The fourth-order valence-corrected chi connectivity index (χ4v) is 4.52. The molecule has 5 rings (SSSR count). The number of fused-ring (bicyclic) bond motifs is 1. The summed E-state index contributed by atoms with van der Waals surface area (Å²) in [5, 5.41) is 21.9. The standard InChI is InChI=1S/C29H24N2O6/c1-16(2)37-29(36)18-7-11-19(12-8-18)31-25(17-9-13-20(32)14-10-17)24(27(34)28(31)35)26(33)22-15-30-23-6-4-3-5-21(22)23/h3-16,25,30,32-33H,1-2H3/b26-24-. The van der Waals surface area contributed by atoms with Crippen molar-refractivity contribution in [2.45, 2.75) is 26.0 Å². The Hall–Kier alpha value is -4.85. The number of hydrogen-bond acceptors (Lipinski definition) is 6. The van der Waals surface area contributed by atoms with E-state index < -0.39 is 23.7 Å². The van der Waals surface area contributed by atoms with E-state index in [9.17, 15) is 24.6 Å². The van der Waals surface area contributed by atoms with Gasteiger partial charge < -0.3 is 19.9 Å². The van der Waals surface area contributed by atoms with Crippen LogP contribution in [0, 0.1) is 0 Å². The van der Waals surface area contributed by atoms with Gasteiger partial charge in [-0.15, -0.1) is 0 Å². The highest BCUT2D eigenvalue weighted by molar-refractivity contribution is 6.51. The van der Waals surface area contributed by atoms with E-state index in [4.69, 9.17) is 4.74 Å². The lowest BCUT2D eigenvalue weighted by molar-refractivity contribution is -0.132. The number of benzene rings is 3. The Bertz CT molecular complexity index is 1550. The van der Waals surface area contributed by atoms with E-state index in [-0.39, 0.29) is 23.2 Å². The number of esters is 1. The molecule has 1 atom stereocenters. The van der Waals surface area contributed by atoms with Gasteiger partial charge in [0.15, 0.2) is 0 Å². The summed E-state index contributed by atoms with van der Waals surface area (Å²) >= 11 is 0. The number of aromatic hydroxyl groups is 1. The number of aromatic nitrogens is 1. The summed E-state index contributed by atoms with van der Waals surface area (Å²) in [6, 6.07) is 18.6.